The first-order valence-corrected chi connectivity index (χ1v) is 33.2. The molecule has 5 heterocycles. The Morgan fingerprint density at radius 3 is 1.47 bits per heavy atom. The summed E-state index contributed by atoms with van der Waals surface area (Å²) in [5, 5.41) is 26.5. The summed E-state index contributed by atoms with van der Waals surface area (Å²) in [5.41, 5.74) is 17.0. The van der Waals surface area contributed by atoms with Gasteiger partial charge in [0.25, 0.3) is 0 Å². The Hall–Kier alpha value is -9.10. The molecule has 16 rings (SSSR count). The number of nitrogens with zero attached hydrogens (tertiary/aromatic N) is 5. The maximum Gasteiger partial charge on any atom is 0.155 e. The first-order chi connectivity index (χ1) is 46.8. The molecule has 8 nitrogen and oxygen atoms in total. The first-order valence-electron chi connectivity index (χ1n) is 31.6. The SMILES string of the molecule is CC(=O)C=C(C)O.CC(C)(C)c1c[c-]c(-c2nccc3ccccc23)cc1.Oc1ccccc1-c1nc2ccccc2s1.[B]CP.[Ir].[Ir].[Zn].[c-]1ccccc1-c1ccccn1.c1ccc2c(c1)c1ccccc1n2-c1ccc(-c2ccc(-n3c4ccccc4c4ccccc43)cc2)cc1. The van der Waals surface area contributed by atoms with E-state index in [1.807, 2.05) is 97.2 Å². The number of pyridine rings is 2. The van der Waals surface area contributed by atoms with Gasteiger partial charge < -0.3 is 29.3 Å². The molecular weight excluding hydrogens is 1660 g/mol. The number of para-hydroxylation sites is 6. The second kappa shape index (κ2) is 36.1. The second-order valence-corrected chi connectivity index (χ2v) is 25.1. The average molecular weight is 1730 g/mol. The van der Waals surface area contributed by atoms with E-state index in [9.17, 15) is 9.90 Å². The average Bonchev–Trinajstić information content (AvgIpc) is 1.56. The number of rotatable bonds is 7. The van der Waals surface area contributed by atoms with E-state index in [-0.39, 0.29) is 82.4 Å². The number of allylic oxidation sites excluding steroid dienone is 2. The van der Waals surface area contributed by atoms with E-state index in [4.69, 9.17) is 13.0 Å². The van der Waals surface area contributed by atoms with Crippen LogP contribution in [0.2, 0.25) is 0 Å². The summed E-state index contributed by atoms with van der Waals surface area (Å²) in [6.45, 7) is 9.49. The maximum atomic E-state index is 10.0. The second-order valence-electron chi connectivity index (χ2n) is 23.6. The minimum Gasteiger partial charge on any atom is -0.512 e. The van der Waals surface area contributed by atoms with Crippen molar-refractivity contribution in [3.63, 3.8) is 0 Å². The Bertz CT molecular complexity index is 4960. The van der Waals surface area contributed by atoms with Crippen LogP contribution >= 0.6 is 20.6 Å². The first kappa shape index (κ1) is 75.7. The van der Waals surface area contributed by atoms with E-state index in [2.05, 4.69) is 254 Å². The number of aliphatic hydroxyl groups excluding tert-OH is 1. The predicted molar refractivity (Wildman–Crippen MR) is 408 cm³/mol. The molecule has 0 saturated heterocycles. The number of carbonyl (C=O) groups excluding carboxylic acids is 1. The molecule has 11 aromatic carbocycles. The molecule has 99 heavy (non-hydrogen) atoms. The van der Waals surface area contributed by atoms with Gasteiger partial charge in [0.2, 0.25) is 0 Å². The molecule has 0 bridgehead atoms. The van der Waals surface area contributed by atoms with Gasteiger partial charge in [-0.05, 0) is 137 Å². The summed E-state index contributed by atoms with van der Waals surface area (Å²) in [6, 6.07) is 105. The molecule has 490 valence electrons. The molecular formula is C85H71BIr2N5O3PSZn-2. The van der Waals surface area contributed by atoms with E-state index in [0.717, 1.165) is 43.3 Å². The third-order valence-electron chi connectivity index (χ3n) is 15.8. The number of ketones is 1. The number of carbonyl (C=O) groups is 1. The van der Waals surface area contributed by atoms with Crippen LogP contribution in [0.5, 0.6) is 5.75 Å². The van der Waals surface area contributed by atoms with Gasteiger partial charge in [-0.3, -0.25) is 4.79 Å². The van der Waals surface area contributed by atoms with Crippen LogP contribution in [-0.4, -0.2) is 54.0 Å². The van der Waals surface area contributed by atoms with Crippen LogP contribution in [0.3, 0.4) is 0 Å². The molecule has 1 atom stereocenters. The van der Waals surface area contributed by atoms with Gasteiger partial charge in [-0.1, -0.05) is 185 Å². The van der Waals surface area contributed by atoms with Crippen LogP contribution in [0.4, 0.5) is 0 Å². The molecule has 0 saturated carbocycles. The minimum absolute atomic E-state index is 0. The summed E-state index contributed by atoms with van der Waals surface area (Å²) in [7, 11) is 7.17. The fourth-order valence-electron chi connectivity index (χ4n) is 11.4. The number of fused-ring (bicyclic) bond motifs is 8. The van der Waals surface area contributed by atoms with Gasteiger partial charge in [0.15, 0.2) is 5.78 Å². The molecule has 0 amide bonds. The standard InChI is InChI=1S/C36H24N2.C19H18N.C13H9NOS.C11H8N.C5H8O2.CH4BP.2Ir.Zn/c1-5-13-33-29(9-1)30-10-2-6-14-34(30)37(33)27-21-17-25(18-22-27)26-19-23-28(24-20-26)38-35-15-7-3-11-31(35)32-12-4-8-16-36(32)38;1-19(2,3)16-10-8-15(9-11-16)18-17-7-5-4-6-14(17)12-13-20-18;15-11-7-3-1-5-9(11)13-14-10-6-2-4-8-12(10)16-13;1-2-6-10(7-3-1)11-8-4-5-9-12-11;1-4(6)3-5(2)7;2-1-3;;;/h1-24H;4-8,10-13H,1-3H3;1-8,15H;1-6,8-9H;3,6H,1-2H3;1,3H2;;;/q;-1;;-1;;;;;. The van der Waals surface area contributed by atoms with Crippen molar-refractivity contribution < 1.29 is 74.7 Å². The number of hydrogen-bond donors (Lipinski definition) is 2. The Balaban J connectivity index is 0.000000173. The zero-order chi connectivity index (χ0) is 67.0. The Labute approximate surface area is 626 Å². The van der Waals surface area contributed by atoms with Gasteiger partial charge in [-0.2, -0.15) is 0 Å². The van der Waals surface area contributed by atoms with E-state index in [0.29, 0.717) is 6.06 Å². The van der Waals surface area contributed by atoms with Crippen molar-refractivity contribution in [1.29, 1.82) is 0 Å². The quantitative estimate of drug-likeness (QED) is 0.0541. The summed E-state index contributed by atoms with van der Waals surface area (Å²) in [6.07, 6.45) is 4.82. The fourth-order valence-corrected chi connectivity index (χ4v) is 12.4. The summed E-state index contributed by atoms with van der Waals surface area (Å²) < 4.78 is 5.86. The Morgan fingerprint density at radius 2 is 1.02 bits per heavy atom. The van der Waals surface area contributed by atoms with Gasteiger partial charge >= 0.3 is 0 Å². The molecule has 16 aromatic rings. The van der Waals surface area contributed by atoms with Crippen LogP contribution < -0.4 is 0 Å². The minimum atomic E-state index is -0.125. The van der Waals surface area contributed by atoms with Crippen molar-refractivity contribution in [1.82, 2.24) is 24.1 Å². The summed E-state index contributed by atoms with van der Waals surface area (Å²) >= 11 is 1.59. The number of thiazole rings is 1. The van der Waals surface area contributed by atoms with E-state index < -0.39 is 0 Å². The molecule has 4 radical (unpaired) electrons. The van der Waals surface area contributed by atoms with Crippen molar-refractivity contribution in [2.75, 3.05) is 6.06 Å². The smallest absolute Gasteiger partial charge is 0.155 e. The van der Waals surface area contributed by atoms with Gasteiger partial charge in [-0.25, -0.2) is 4.98 Å². The number of aromatic nitrogens is 5. The van der Waals surface area contributed by atoms with Crippen LogP contribution in [0.25, 0.3) is 120 Å². The number of benzene rings is 11. The Morgan fingerprint density at radius 1 is 0.535 bits per heavy atom. The number of phenolic OH excluding ortho intramolecular Hbond substituents is 1. The van der Waals surface area contributed by atoms with Crippen LogP contribution in [0.15, 0.2) is 309 Å². The Kier molecular flexibility index (Phi) is 27.6. The molecule has 5 aromatic heterocycles. The molecule has 1 unspecified atom stereocenters. The molecule has 0 aliphatic rings. The van der Waals surface area contributed by atoms with E-state index >= 15 is 0 Å². The molecule has 0 spiro atoms. The third kappa shape index (κ3) is 18.6. The molecule has 0 aliphatic heterocycles. The van der Waals surface area contributed by atoms with Crippen molar-refractivity contribution in [2.45, 2.75) is 40.0 Å². The third-order valence-corrected chi connectivity index (χ3v) is 16.9. The van der Waals surface area contributed by atoms with Crippen molar-refractivity contribution in [3.05, 3.63) is 327 Å². The van der Waals surface area contributed by atoms with Gasteiger partial charge in [-0.15, -0.1) is 91.9 Å². The van der Waals surface area contributed by atoms with Crippen LogP contribution in [0, 0.1) is 12.1 Å². The monoisotopic (exact) mass is 1730 g/mol. The molecule has 0 fully saturated rings. The molecule has 2 N–H and O–H groups in total. The number of phenols is 1. The zero-order valence-corrected chi connectivity index (χ0v) is 65.3. The van der Waals surface area contributed by atoms with Gasteiger partial charge in [0.05, 0.1) is 51.5 Å². The number of hydrogen-bond acceptors (Lipinski definition) is 7. The van der Waals surface area contributed by atoms with E-state index in [1.54, 1.807) is 23.6 Å². The predicted octanol–water partition coefficient (Wildman–Crippen LogP) is 21.8. The zero-order valence-electron chi connectivity index (χ0n) is 55.6. The normalized spacial score (nSPS) is 10.7. The number of aliphatic hydroxyl groups is 1. The van der Waals surface area contributed by atoms with Crippen molar-refractivity contribution in [3.8, 4) is 61.3 Å². The molecule has 0 aliphatic carbocycles. The fraction of sp³-hybridized carbons (Fsp3) is 0.0824. The summed E-state index contributed by atoms with van der Waals surface area (Å²) in [4.78, 5) is 23.3. The topological polar surface area (TPSA) is 106 Å². The summed E-state index contributed by atoms with van der Waals surface area (Å²) in [5.74, 6) is 0.217. The van der Waals surface area contributed by atoms with Crippen molar-refractivity contribution >= 4 is 98.8 Å². The number of aromatic hydroxyl groups is 1. The van der Waals surface area contributed by atoms with E-state index in [1.165, 1.54) is 102 Å². The van der Waals surface area contributed by atoms with Gasteiger partial charge in [0.1, 0.15) is 10.8 Å². The van der Waals surface area contributed by atoms with Crippen LogP contribution in [0.1, 0.15) is 40.2 Å². The molecule has 14 heteroatoms. The largest absolute Gasteiger partial charge is 0.512 e. The van der Waals surface area contributed by atoms with Crippen molar-refractivity contribution in [2.24, 2.45) is 0 Å². The van der Waals surface area contributed by atoms with Crippen LogP contribution in [-0.2, 0) is 69.9 Å². The maximum absolute atomic E-state index is 10.0. The van der Waals surface area contributed by atoms with Gasteiger partial charge in [0, 0.05) is 111 Å².